The number of ether oxygens (including phenoxy) is 1. The lowest BCUT2D eigenvalue weighted by Gasteiger charge is -2.30. The highest BCUT2D eigenvalue weighted by Gasteiger charge is 2.23. The van der Waals surface area contributed by atoms with Crippen molar-refractivity contribution in [2.45, 2.75) is 33.6 Å². The zero-order valence-corrected chi connectivity index (χ0v) is 17.9. The molecule has 2 amide bonds. The Labute approximate surface area is 177 Å². The summed E-state index contributed by atoms with van der Waals surface area (Å²) in [7, 11) is 0. The third kappa shape index (κ3) is 5.30. The van der Waals surface area contributed by atoms with Crippen molar-refractivity contribution in [2.24, 2.45) is 5.92 Å². The Kier molecular flexibility index (Phi) is 6.80. The second-order valence-electron chi connectivity index (χ2n) is 7.73. The summed E-state index contributed by atoms with van der Waals surface area (Å²) in [5, 5.41) is 3.51. The average Bonchev–Trinajstić information content (AvgIpc) is 2.71. The molecule has 1 aliphatic heterocycles. The SMILES string of the molecule is Cc1cc(OCC(=O)Nc2ccccc2C(=O)N2CCC(C)CC2)cc(C)c1Cl. The van der Waals surface area contributed by atoms with E-state index in [1.165, 1.54) is 0 Å². The first kappa shape index (κ1) is 21.2. The third-order valence-corrected chi connectivity index (χ3v) is 5.88. The van der Waals surface area contributed by atoms with Crippen LogP contribution in [0.2, 0.25) is 5.02 Å². The summed E-state index contributed by atoms with van der Waals surface area (Å²) >= 11 is 6.17. The first-order chi connectivity index (χ1) is 13.8. The number of benzene rings is 2. The van der Waals surface area contributed by atoms with Crippen LogP contribution in [0.25, 0.3) is 0 Å². The van der Waals surface area contributed by atoms with E-state index in [4.69, 9.17) is 16.3 Å². The van der Waals surface area contributed by atoms with E-state index in [1.54, 1.807) is 30.3 Å². The molecule has 1 heterocycles. The van der Waals surface area contributed by atoms with Gasteiger partial charge in [0.2, 0.25) is 0 Å². The monoisotopic (exact) mass is 414 g/mol. The van der Waals surface area contributed by atoms with Crippen LogP contribution in [0, 0.1) is 19.8 Å². The number of rotatable bonds is 5. The fourth-order valence-corrected chi connectivity index (χ4v) is 3.59. The molecule has 0 atom stereocenters. The fourth-order valence-electron chi connectivity index (χ4n) is 3.49. The van der Waals surface area contributed by atoms with Crippen LogP contribution in [-0.2, 0) is 4.79 Å². The maximum absolute atomic E-state index is 12.9. The highest BCUT2D eigenvalue weighted by molar-refractivity contribution is 6.32. The molecule has 1 aliphatic rings. The Morgan fingerprint density at radius 3 is 2.41 bits per heavy atom. The molecule has 0 aromatic heterocycles. The number of nitrogens with one attached hydrogen (secondary N) is 1. The molecular weight excluding hydrogens is 388 g/mol. The van der Waals surface area contributed by atoms with Crippen LogP contribution < -0.4 is 10.1 Å². The van der Waals surface area contributed by atoms with Crippen LogP contribution in [0.1, 0.15) is 41.3 Å². The van der Waals surface area contributed by atoms with Crippen LogP contribution in [0.15, 0.2) is 36.4 Å². The molecule has 3 rings (SSSR count). The van der Waals surface area contributed by atoms with E-state index in [0.29, 0.717) is 27.9 Å². The van der Waals surface area contributed by atoms with Gasteiger partial charge in [0.1, 0.15) is 5.75 Å². The number of anilines is 1. The maximum atomic E-state index is 12.9. The molecule has 0 spiro atoms. The molecule has 1 fully saturated rings. The summed E-state index contributed by atoms with van der Waals surface area (Å²) in [4.78, 5) is 27.2. The summed E-state index contributed by atoms with van der Waals surface area (Å²) in [5.41, 5.74) is 2.81. The number of nitrogens with zero attached hydrogens (tertiary/aromatic N) is 1. The Bertz CT molecular complexity index is 882. The van der Waals surface area contributed by atoms with Crippen LogP contribution in [0.3, 0.4) is 0 Å². The number of para-hydroxylation sites is 1. The van der Waals surface area contributed by atoms with Crippen molar-refractivity contribution in [1.29, 1.82) is 0 Å². The number of carbonyl (C=O) groups excluding carboxylic acids is 2. The highest BCUT2D eigenvalue weighted by Crippen LogP contribution is 2.26. The molecule has 154 valence electrons. The zero-order chi connectivity index (χ0) is 21.0. The van der Waals surface area contributed by atoms with Crippen molar-refractivity contribution in [3.8, 4) is 5.75 Å². The number of piperidine rings is 1. The van der Waals surface area contributed by atoms with Gasteiger partial charge in [0.15, 0.2) is 6.61 Å². The number of hydrogen-bond donors (Lipinski definition) is 1. The van der Waals surface area contributed by atoms with Gasteiger partial charge in [-0.3, -0.25) is 9.59 Å². The number of likely N-dealkylation sites (tertiary alicyclic amines) is 1. The minimum atomic E-state index is -0.317. The third-order valence-electron chi connectivity index (χ3n) is 5.28. The minimum Gasteiger partial charge on any atom is -0.484 e. The van der Waals surface area contributed by atoms with Crippen molar-refractivity contribution < 1.29 is 14.3 Å². The van der Waals surface area contributed by atoms with Gasteiger partial charge < -0.3 is 15.0 Å². The molecule has 5 nitrogen and oxygen atoms in total. The van der Waals surface area contributed by atoms with Crippen LogP contribution >= 0.6 is 11.6 Å². The predicted octanol–water partition coefficient (Wildman–Crippen LogP) is 4.85. The Morgan fingerprint density at radius 1 is 1.14 bits per heavy atom. The summed E-state index contributed by atoms with van der Waals surface area (Å²) in [6.45, 7) is 7.35. The van der Waals surface area contributed by atoms with Crippen LogP contribution in [-0.4, -0.2) is 36.4 Å². The number of aryl methyl sites for hydroxylation is 2. The summed E-state index contributed by atoms with van der Waals surface area (Å²) in [6.07, 6.45) is 2.02. The smallest absolute Gasteiger partial charge is 0.262 e. The van der Waals surface area contributed by atoms with E-state index in [0.717, 1.165) is 37.1 Å². The number of hydrogen-bond acceptors (Lipinski definition) is 3. The molecule has 2 aromatic carbocycles. The normalized spacial score (nSPS) is 14.6. The molecule has 1 saturated heterocycles. The molecule has 0 bridgehead atoms. The van der Waals surface area contributed by atoms with Crippen molar-refractivity contribution in [3.05, 3.63) is 58.1 Å². The van der Waals surface area contributed by atoms with Gasteiger partial charge in [0.05, 0.1) is 11.3 Å². The standard InChI is InChI=1S/C23H27ClN2O3/c1-15-8-10-26(11-9-15)23(28)19-6-4-5-7-20(19)25-21(27)14-29-18-12-16(2)22(24)17(3)13-18/h4-7,12-13,15H,8-11,14H2,1-3H3,(H,25,27). The quantitative estimate of drug-likeness (QED) is 0.761. The van der Waals surface area contributed by atoms with Crippen LogP contribution in [0.5, 0.6) is 5.75 Å². The van der Waals surface area contributed by atoms with Gasteiger partial charge in [-0.05, 0) is 68.0 Å². The van der Waals surface area contributed by atoms with E-state index in [-0.39, 0.29) is 18.4 Å². The molecule has 0 saturated carbocycles. The Hall–Kier alpha value is -2.53. The van der Waals surface area contributed by atoms with Crippen LogP contribution in [0.4, 0.5) is 5.69 Å². The lowest BCUT2D eigenvalue weighted by molar-refractivity contribution is -0.118. The molecule has 1 N–H and O–H groups in total. The fraction of sp³-hybridized carbons (Fsp3) is 0.391. The van der Waals surface area contributed by atoms with Crippen molar-refractivity contribution in [1.82, 2.24) is 4.90 Å². The number of amides is 2. The van der Waals surface area contributed by atoms with E-state index in [2.05, 4.69) is 12.2 Å². The molecule has 6 heteroatoms. The summed E-state index contributed by atoms with van der Waals surface area (Å²) < 4.78 is 5.62. The Balaban J connectivity index is 1.64. The Morgan fingerprint density at radius 2 is 1.76 bits per heavy atom. The summed E-state index contributed by atoms with van der Waals surface area (Å²) in [5.74, 6) is 0.873. The highest BCUT2D eigenvalue weighted by atomic mass is 35.5. The number of carbonyl (C=O) groups is 2. The second-order valence-corrected chi connectivity index (χ2v) is 8.11. The van der Waals surface area contributed by atoms with E-state index in [9.17, 15) is 9.59 Å². The molecular formula is C23H27ClN2O3. The van der Waals surface area contributed by atoms with Gasteiger partial charge in [0, 0.05) is 18.1 Å². The van der Waals surface area contributed by atoms with Gasteiger partial charge in [0.25, 0.3) is 11.8 Å². The predicted molar refractivity (Wildman–Crippen MR) is 116 cm³/mol. The summed E-state index contributed by atoms with van der Waals surface area (Å²) in [6, 6.07) is 10.7. The minimum absolute atomic E-state index is 0.0438. The first-order valence-corrected chi connectivity index (χ1v) is 10.3. The van der Waals surface area contributed by atoms with Gasteiger partial charge >= 0.3 is 0 Å². The lowest BCUT2D eigenvalue weighted by Crippen LogP contribution is -2.38. The van der Waals surface area contributed by atoms with E-state index in [1.807, 2.05) is 24.8 Å². The largest absolute Gasteiger partial charge is 0.484 e. The van der Waals surface area contributed by atoms with E-state index < -0.39 is 0 Å². The van der Waals surface area contributed by atoms with Gasteiger partial charge in [-0.15, -0.1) is 0 Å². The van der Waals surface area contributed by atoms with Crippen molar-refractivity contribution in [2.75, 3.05) is 25.0 Å². The average molecular weight is 415 g/mol. The van der Waals surface area contributed by atoms with Gasteiger partial charge in [-0.2, -0.15) is 0 Å². The molecule has 0 aliphatic carbocycles. The zero-order valence-electron chi connectivity index (χ0n) is 17.1. The maximum Gasteiger partial charge on any atom is 0.262 e. The second kappa shape index (κ2) is 9.31. The molecule has 29 heavy (non-hydrogen) atoms. The molecule has 0 unspecified atom stereocenters. The topological polar surface area (TPSA) is 58.6 Å². The van der Waals surface area contributed by atoms with Gasteiger partial charge in [-0.1, -0.05) is 30.7 Å². The first-order valence-electron chi connectivity index (χ1n) is 9.93. The molecule has 0 radical (unpaired) electrons. The van der Waals surface area contributed by atoms with Gasteiger partial charge in [-0.25, -0.2) is 0 Å². The lowest BCUT2D eigenvalue weighted by atomic mass is 9.98. The van der Waals surface area contributed by atoms with Crippen molar-refractivity contribution >= 4 is 29.1 Å². The molecule has 2 aromatic rings. The van der Waals surface area contributed by atoms with E-state index >= 15 is 0 Å². The number of halogens is 1. The van der Waals surface area contributed by atoms with Crippen molar-refractivity contribution in [3.63, 3.8) is 0 Å².